The fourth-order valence-electron chi connectivity index (χ4n) is 3.30. The first-order valence-electron chi connectivity index (χ1n) is 9.76. The van der Waals surface area contributed by atoms with E-state index < -0.39 is 12.2 Å². The van der Waals surface area contributed by atoms with Crippen molar-refractivity contribution >= 4 is 11.8 Å². The van der Waals surface area contributed by atoms with Gasteiger partial charge < -0.3 is 15.1 Å². The zero-order valence-corrected chi connectivity index (χ0v) is 17.1. The molecule has 1 aliphatic rings. The van der Waals surface area contributed by atoms with Crippen molar-refractivity contribution in [3.8, 4) is 0 Å². The Hall–Kier alpha value is -2.03. The smallest absolute Gasteiger partial charge is 0.357 e. The highest BCUT2D eigenvalue weighted by Crippen LogP contribution is 2.25. The molecule has 0 saturated carbocycles. The molecule has 0 radical (unpaired) electrons. The quantitative estimate of drug-likeness (QED) is 0.588. The third kappa shape index (κ3) is 5.73. The van der Waals surface area contributed by atoms with Gasteiger partial charge in [0.2, 0.25) is 0 Å². The second-order valence-corrected chi connectivity index (χ2v) is 6.84. The van der Waals surface area contributed by atoms with Crippen molar-refractivity contribution in [2.45, 2.75) is 39.5 Å². The van der Waals surface area contributed by atoms with Gasteiger partial charge in [-0.15, -0.1) is 0 Å². The SMILES string of the molecule is CCN(CC)c1ccc(CNC(=NC)N2CCN(C(C)C(F)(F)F)CC2)cn1. The summed E-state index contributed by atoms with van der Waals surface area (Å²) in [6.07, 6.45) is -2.34. The van der Waals surface area contributed by atoms with E-state index in [0.29, 0.717) is 38.7 Å². The van der Waals surface area contributed by atoms with Crippen molar-refractivity contribution < 1.29 is 13.2 Å². The van der Waals surface area contributed by atoms with Crippen molar-refractivity contribution in [2.24, 2.45) is 4.99 Å². The number of nitrogens with one attached hydrogen (secondary N) is 1. The monoisotopic (exact) mass is 400 g/mol. The normalized spacial score (nSPS) is 17.5. The van der Waals surface area contributed by atoms with E-state index >= 15 is 0 Å². The lowest BCUT2D eigenvalue weighted by molar-refractivity contribution is -0.181. The van der Waals surface area contributed by atoms with Crippen molar-refractivity contribution in [1.29, 1.82) is 0 Å². The van der Waals surface area contributed by atoms with Gasteiger partial charge in [0.1, 0.15) is 11.9 Å². The molecule has 0 spiro atoms. The highest BCUT2D eigenvalue weighted by atomic mass is 19.4. The van der Waals surface area contributed by atoms with Crippen LogP contribution in [0, 0.1) is 0 Å². The fraction of sp³-hybridized carbons (Fsp3) is 0.684. The molecule has 1 fully saturated rings. The highest BCUT2D eigenvalue weighted by Gasteiger charge is 2.41. The predicted molar refractivity (Wildman–Crippen MR) is 107 cm³/mol. The molecule has 0 bridgehead atoms. The minimum absolute atomic E-state index is 0.363. The molecule has 2 heterocycles. The number of rotatable bonds is 6. The number of piperazine rings is 1. The molecule has 1 aliphatic heterocycles. The molecule has 0 aromatic carbocycles. The summed E-state index contributed by atoms with van der Waals surface area (Å²) < 4.78 is 38.7. The molecule has 158 valence electrons. The van der Waals surface area contributed by atoms with Gasteiger partial charge in [-0.2, -0.15) is 13.2 Å². The first kappa shape index (κ1) is 22.3. The first-order valence-corrected chi connectivity index (χ1v) is 9.76. The number of hydrogen-bond acceptors (Lipinski definition) is 4. The third-order valence-corrected chi connectivity index (χ3v) is 5.19. The minimum atomic E-state index is -4.19. The summed E-state index contributed by atoms with van der Waals surface area (Å²) in [6.45, 7) is 9.55. The molecule has 1 unspecified atom stereocenters. The average molecular weight is 400 g/mol. The van der Waals surface area contributed by atoms with Crippen molar-refractivity contribution in [1.82, 2.24) is 20.1 Å². The number of pyridine rings is 1. The summed E-state index contributed by atoms with van der Waals surface area (Å²) >= 11 is 0. The second kappa shape index (κ2) is 9.95. The molecule has 1 atom stereocenters. The Morgan fingerprint density at radius 2 is 1.86 bits per heavy atom. The van der Waals surface area contributed by atoms with Crippen LogP contribution in [-0.4, -0.2) is 79.3 Å². The van der Waals surface area contributed by atoms with Gasteiger partial charge in [-0.1, -0.05) is 6.07 Å². The summed E-state index contributed by atoms with van der Waals surface area (Å²) in [5.41, 5.74) is 1.03. The Balaban J connectivity index is 1.87. The van der Waals surface area contributed by atoms with Crippen LogP contribution in [0.4, 0.5) is 19.0 Å². The molecule has 6 nitrogen and oxygen atoms in total. The Morgan fingerprint density at radius 1 is 1.21 bits per heavy atom. The summed E-state index contributed by atoms with van der Waals surface area (Å²) in [7, 11) is 1.69. The van der Waals surface area contributed by atoms with E-state index in [9.17, 15) is 13.2 Å². The highest BCUT2D eigenvalue weighted by molar-refractivity contribution is 5.80. The predicted octanol–water partition coefficient (Wildman–Crippen LogP) is 2.57. The number of alkyl halides is 3. The molecule has 2 rings (SSSR count). The van der Waals surface area contributed by atoms with Crippen LogP contribution in [0.3, 0.4) is 0 Å². The van der Waals surface area contributed by atoms with E-state index in [4.69, 9.17) is 0 Å². The topological polar surface area (TPSA) is 47.0 Å². The maximum absolute atomic E-state index is 12.9. The van der Waals surface area contributed by atoms with Crippen LogP contribution in [0.5, 0.6) is 0 Å². The molecular formula is C19H31F3N6. The van der Waals surface area contributed by atoms with Crippen LogP contribution in [0.25, 0.3) is 0 Å². The molecular weight excluding hydrogens is 369 g/mol. The van der Waals surface area contributed by atoms with Crippen LogP contribution >= 0.6 is 0 Å². The Bertz CT molecular complexity index is 620. The molecule has 0 amide bonds. The molecule has 1 N–H and O–H groups in total. The first-order chi connectivity index (χ1) is 13.3. The standard InChI is InChI=1S/C19H31F3N6/c1-5-26(6-2)17-8-7-16(13-24-17)14-25-18(23-4)28-11-9-27(10-12-28)15(3)19(20,21)22/h7-8,13,15H,5-6,9-12,14H2,1-4H3,(H,23,25). The zero-order chi connectivity index (χ0) is 20.7. The molecule has 1 aromatic heterocycles. The number of anilines is 1. The molecule has 28 heavy (non-hydrogen) atoms. The fourth-order valence-corrected chi connectivity index (χ4v) is 3.30. The number of aliphatic imine (C=N–C) groups is 1. The van der Waals surface area contributed by atoms with E-state index in [0.717, 1.165) is 24.5 Å². The summed E-state index contributed by atoms with van der Waals surface area (Å²) in [4.78, 5) is 14.4. The van der Waals surface area contributed by atoms with Crippen molar-refractivity contribution in [2.75, 3.05) is 51.2 Å². The Morgan fingerprint density at radius 3 is 2.32 bits per heavy atom. The van der Waals surface area contributed by atoms with Gasteiger partial charge in [-0.3, -0.25) is 9.89 Å². The zero-order valence-electron chi connectivity index (χ0n) is 17.1. The van der Waals surface area contributed by atoms with Gasteiger partial charge >= 0.3 is 6.18 Å². The molecule has 9 heteroatoms. The van der Waals surface area contributed by atoms with Gasteiger partial charge in [0.15, 0.2) is 5.96 Å². The molecule has 1 saturated heterocycles. The van der Waals surface area contributed by atoms with Crippen LogP contribution in [0.15, 0.2) is 23.3 Å². The van der Waals surface area contributed by atoms with Gasteiger partial charge in [0.05, 0.1) is 0 Å². The average Bonchev–Trinajstić information content (AvgIpc) is 2.69. The van der Waals surface area contributed by atoms with E-state index in [2.05, 4.69) is 34.0 Å². The number of hydrogen-bond donors (Lipinski definition) is 1. The maximum Gasteiger partial charge on any atom is 0.403 e. The van der Waals surface area contributed by atoms with Crippen molar-refractivity contribution in [3.63, 3.8) is 0 Å². The number of halogens is 3. The summed E-state index contributed by atoms with van der Waals surface area (Å²) in [5.74, 6) is 1.65. The van der Waals surface area contributed by atoms with Crippen LogP contribution < -0.4 is 10.2 Å². The van der Waals surface area contributed by atoms with E-state index in [-0.39, 0.29) is 0 Å². The number of guanidine groups is 1. The van der Waals surface area contributed by atoms with Gasteiger partial charge in [0.25, 0.3) is 0 Å². The largest absolute Gasteiger partial charge is 0.403 e. The van der Waals surface area contributed by atoms with Crippen LogP contribution in [0.1, 0.15) is 26.3 Å². The van der Waals surface area contributed by atoms with Gasteiger partial charge in [-0.25, -0.2) is 4.98 Å². The van der Waals surface area contributed by atoms with E-state index in [1.165, 1.54) is 11.8 Å². The van der Waals surface area contributed by atoms with E-state index in [1.807, 2.05) is 23.2 Å². The van der Waals surface area contributed by atoms with Gasteiger partial charge in [0, 0.05) is 59.1 Å². The third-order valence-electron chi connectivity index (χ3n) is 5.19. The lowest BCUT2D eigenvalue weighted by atomic mass is 10.2. The van der Waals surface area contributed by atoms with Crippen molar-refractivity contribution in [3.05, 3.63) is 23.9 Å². The van der Waals surface area contributed by atoms with Gasteiger partial charge in [-0.05, 0) is 32.4 Å². The number of aromatic nitrogens is 1. The van der Waals surface area contributed by atoms with Crippen LogP contribution in [-0.2, 0) is 6.54 Å². The van der Waals surface area contributed by atoms with Crippen LogP contribution in [0.2, 0.25) is 0 Å². The molecule has 0 aliphatic carbocycles. The maximum atomic E-state index is 12.9. The summed E-state index contributed by atoms with van der Waals surface area (Å²) in [5, 5.41) is 3.29. The lowest BCUT2D eigenvalue weighted by Crippen LogP contribution is -2.56. The summed E-state index contributed by atoms with van der Waals surface area (Å²) in [6, 6.07) is 2.62. The Labute approximate surface area is 165 Å². The number of nitrogens with zero attached hydrogens (tertiary/aromatic N) is 5. The second-order valence-electron chi connectivity index (χ2n) is 6.84. The van der Waals surface area contributed by atoms with E-state index in [1.54, 1.807) is 7.05 Å². The lowest BCUT2D eigenvalue weighted by Gasteiger charge is -2.39. The minimum Gasteiger partial charge on any atom is -0.357 e. The molecule has 1 aromatic rings. The Kier molecular flexibility index (Phi) is 7.91.